The molecule has 1 rings (SSSR count). The second kappa shape index (κ2) is 7.63. The normalized spacial score (nSPS) is 18.6. The molecule has 0 aliphatic carbocycles. The van der Waals surface area contributed by atoms with E-state index in [0.29, 0.717) is 12.5 Å². The lowest BCUT2D eigenvalue weighted by Crippen LogP contribution is -2.42. The molecular formula is C12H24N2O2. The van der Waals surface area contributed by atoms with Gasteiger partial charge in [0.2, 0.25) is 5.91 Å². The van der Waals surface area contributed by atoms with Crippen molar-refractivity contribution in [2.75, 3.05) is 32.8 Å². The molecule has 1 aliphatic rings. The third-order valence-corrected chi connectivity index (χ3v) is 3.19. The minimum absolute atomic E-state index is 0.135. The first-order chi connectivity index (χ1) is 7.76. The van der Waals surface area contributed by atoms with Gasteiger partial charge in [-0.15, -0.1) is 0 Å². The summed E-state index contributed by atoms with van der Waals surface area (Å²) in [5.41, 5.74) is 0. The fraction of sp³-hybridized carbons (Fsp3) is 0.917. The van der Waals surface area contributed by atoms with E-state index in [1.165, 1.54) is 0 Å². The van der Waals surface area contributed by atoms with Gasteiger partial charge < -0.3 is 10.4 Å². The second-order valence-corrected chi connectivity index (χ2v) is 4.61. The zero-order chi connectivity index (χ0) is 11.8. The maximum atomic E-state index is 11.5. The van der Waals surface area contributed by atoms with Crippen molar-refractivity contribution < 1.29 is 9.90 Å². The molecule has 1 saturated heterocycles. The third kappa shape index (κ3) is 4.94. The molecule has 4 nitrogen and oxygen atoms in total. The van der Waals surface area contributed by atoms with Crippen LogP contribution in [0, 0.1) is 5.92 Å². The van der Waals surface area contributed by atoms with Gasteiger partial charge in [0, 0.05) is 13.2 Å². The summed E-state index contributed by atoms with van der Waals surface area (Å²) in [7, 11) is 0. The maximum Gasteiger partial charge on any atom is 0.234 e. The number of likely N-dealkylation sites (tertiary alicyclic amines) is 1. The van der Waals surface area contributed by atoms with Gasteiger partial charge >= 0.3 is 0 Å². The van der Waals surface area contributed by atoms with Crippen molar-refractivity contribution in [1.82, 2.24) is 10.2 Å². The Kier molecular flexibility index (Phi) is 6.42. The Balaban J connectivity index is 2.10. The van der Waals surface area contributed by atoms with Gasteiger partial charge in [0.15, 0.2) is 0 Å². The average molecular weight is 228 g/mol. The predicted octanol–water partition coefficient (Wildman–Crippen LogP) is 0.607. The van der Waals surface area contributed by atoms with Crippen LogP contribution < -0.4 is 5.32 Å². The van der Waals surface area contributed by atoms with Crippen molar-refractivity contribution in [2.45, 2.75) is 32.6 Å². The summed E-state index contributed by atoms with van der Waals surface area (Å²) in [6.45, 7) is 5.59. The van der Waals surface area contributed by atoms with Crippen molar-refractivity contribution in [3.05, 3.63) is 0 Å². The number of carbonyl (C=O) groups excluding carboxylic acids is 1. The Morgan fingerprint density at radius 1 is 1.44 bits per heavy atom. The Bertz CT molecular complexity index is 201. The fourth-order valence-electron chi connectivity index (χ4n) is 1.99. The van der Waals surface area contributed by atoms with Gasteiger partial charge in [0.1, 0.15) is 0 Å². The van der Waals surface area contributed by atoms with Crippen LogP contribution in [0.3, 0.4) is 0 Å². The number of carbonyl (C=O) groups is 1. The first-order valence-electron chi connectivity index (χ1n) is 6.36. The standard InChI is InChI=1S/C12H24N2O2/c1-2-3-6-13-12(16)9-14-7-4-11(10-15)5-8-14/h11,15H,2-10H2,1H3,(H,13,16). The summed E-state index contributed by atoms with van der Waals surface area (Å²) < 4.78 is 0. The molecule has 0 unspecified atom stereocenters. The Morgan fingerprint density at radius 3 is 2.69 bits per heavy atom. The van der Waals surface area contributed by atoms with E-state index in [1.807, 2.05) is 0 Å². The zero-order valence-corrected chi connectivity index (χ0v) is 10.2. The quantitative estimate of drug-likeness (QED) is 0.655. The summed E-state index contributed by atoms with van der Waals surface area (Å²) in [5.74, 6) is 0.579. The lowest BCUT2D eigenvalue weighted by atomic mass is 9.98. The van der Waals surface area contributed by atoms with Gasteiger partial charge in [0.05, 0.1) is 6.54 Å². The SMILES string of the molecule is CCCCNC(=O)CN1CCC(CO)CC1. The summed E-state index contributed by atoms with van der Waals surface area (Å²) in [4.78, 5) is 13.7. The van der Waals surface area contributed by atoms with Crippen LogP contribution in [-0.2, 0) is 4.79 Å². The molecule has 0 saturated carbocycles. The van der Waals surface area contributed by atoms with E-state index in [2.05, 4.69) is 17.1 Å². The highest BCUT2D eigenvalue weighted by molar-refractivity contribution is 5.77. The number of aliphatic hydroxyl groups is 1. The third-order valence-electron chi connectivity index (χ3n) is 3.19. The van der Waals surface area contributed by atoms with Gasteiger partial charge in [-0.25, -0.2) is 0 Å². The maximum absolute atomic E-state index is 11.5. The van der Waals surface area contributed by atoms with Gasteiger partial charge in [-0.2, -0.15) is 0 Å². The number of piperidine rings is 1. The highest BCUT2D eigenvalue weighted by atomic mass is 16.3. The number of aliphatic hydroxyl groups excluding tert-OH is 1. The lowest BCUT2D eigenvalue weighted by molar-refractivity contribution is -0.122. The summed E-state index contributed by atoms with van der Waals surface area (Å²) >= 11 is 0. The van der Waals surface area contributed by atoms with E-state index in [1.54, 1.807) is 0 Å². The van der Waals surface area contributed by atoms with Crippen molar-refractivity contribution in [3.63, 3.8) is 0 Å². The molecule has 0 aromatic carbocycles. The molecule has 0 atom stereocenters. The lowest BCUT2D eigenvalue weighted by Gasteiger charge is -2.30. The molecule has 94 valence electrons. The Hall–Kier alpha value is -0.610. The van der Waals surface area contributed by atoms with Gasteiger partial charge in [-0.3, -0.25) is 9.69 Å². The molecule has 1 heterocycles. The van der Waals surface area contributed by atoms with Crippen LogP contribution in [0.4, 0.5) is 0 Å². The van der Waals surface area contributed by atoms with Crippen LogP contribution in [0.5, 0.6) is 0 Å². The second-order valence-electron chi connectivity index (χ2n) is 4.61. The Morgan fingerprint density at radius 2 is 2.12 bits per heavy atom. The number of hydrogen-bond acceptors (Lipinski definition) is 3. The number of nitrogens with one attached hydrogen (secondary N) is 1. The van der Waals surface area contributed by atoms with E-state index in [-0.39, 0.29) is 12.5 Å². The van der Waals surface area contributed by atoms with E-state index in [4.69, 9.17) is 5.11 Å². The van der Waals surface area contributed by atoms with Crippen molar-refractivity contribution in [3.8, 4) is 0 Å². The Labute approximate surface area is 98.0 Å². The van der Waals surface area contributed by atoms with Crippen LogP contribution in [0.2, 0.25) is 0 Å². The molecule has 1 fully saturated rings. The molecule has 1 amide bonds. The van der Waals surface area contributed by atoms with Crippen molar-refractivity contribution >= 4 is 5.91 Å². The van der Waals surface area contributed by atoms with E-state index in [9.17, 15) is 4.79 Å². The average Bonchev–Trinajstić information content (AvgIpc) is 2.30. The molecule has 0 aromatic rings. The molecule has 16 heavy (non-hydrogen) atoms. The highest BCUT2D eigenvalue weighted by Crippen LogP contribution is 2.15. The highest BCUT2D eigenvalue weighted by Gasteiger charge is 2.19. The molecule has 1 aliphatic heterocycles. The first-order valence-corrected chi connectivity index (χ1v) is 6.36. The molecule has 0 bridgehead atoms. The van der Waals surface area contributed by atoms with Crippen LogP contribution >= 0.6 is 0 Å². The van der Waals surface area contributed by atoms with E-state index < -0.39 is 0 Å². The largest absolute Gasteiger partial charge is 0.396 e. The summed E-state index contributed by atoms with van der Waals surface area (Å²) in [6, 6.07) is 0. The summed E-state index contributed by atoms with van der Waals surface area (Å²) in [5, 5.41) is 11.9. The van der Waals surface area contributed by atoms with Crippen LogP contribution in [0.1, 0.15) is 32.6 Å². The summed E-state index contributed by atoms with van der Waals surface area (Å²) in [6.07, 6.45) is 4.19. The molecule has 0 aromatic heterocycles. The number of rotatable bonds is 6. The first kappa shape index (κ1) is 13.5. The minimum atomic E-state index is 0.135. The molecular weight excluding hydrogens is 204 g/mol. The van der Waals surface area contributed by atoms with Crippen LogP contribution in [0.25, 0.3) is 0 Å². The number of hydrogen-bond donors (Lipinski definition) is 2. The van der Waals surface area contributed by atoms with Crippen molar-refractivity contribution in [1.29, 1.82) is 0 Å². The predicted molar refractivity (Wildman–Crippen MR) is 64.2 cm³/mol. The molecule has 0 radical (unpaired) electrons. The topological polar surface area (TPSA) is 52.6 Å². The van der Waals surface area contributed by atoms with Crippen LogP contribution in [0.15, 0.2) is 0 Å². The van der Waals surface area contributed by atoms with Crippen LogP contribution in [-0.4, -0.2) is 48.7 Å². The zero-order valence-electron chi connectivity index (χ0n) is 10.2. The molecule has 2 N–H and O–H groups in total. The monoisotopic (exact) mass is 228 g/mol. The number of unbranched alkanes of at least 4 members (excludes halogenated alkanes) is 1. The van der Waals surface area contributed by atoms with Gasteiger partial charge in [0.25, 0.3) is 0 Å². The van der Waals surface area contributed by atoms with E-state index in [0.717, 1.165) is 45.3 Å². The molecule has 4 heteroatoms. The van der Waals surface area contributed by atoms with Gasteiger partial charge in [-0.1, -0.05) is 13.3 Å². The van der Waals surface area contributed by atoms with E-state index >= 15 is 0 Å². The fourth-order valence-corrected chi connectivity index (χ4v) is 1.99. The van der Waals surface area contributed by atoms with Crippen molar-refractivity contribution in [2.24, 2.45) is 5.92 Å². The minimum Gasteiger partial charge on any atom is -0.396 e. The van der Waals surface area contributed by atoms with Gasteiger partial charge in [-0.05, 0) is 38.3 Å². The number of nitrogens with zero attached hydrogens (tertiary/aromatic N) is 1. The number of amides is 1. The molecule has 0 spiro atoms. The smallest absolute Gasteiger partial charge is 0.234 e.